The summed E-state index contributed by atoms with van der Waals surface area (Å²) in [6.45, 7) is 11.0. The molecular weight excluding hydrogens is 420 g/mol. The van der Waals surface area contributed by atoms with E-state index < -0.39 is 6.10 Å². The number of hydrogen-bond donors (Lipinski definition) is 1. The molecular formula is C26H42N2O5. The molecule has 33 heavy (non-hydrogen) atoms. The van der Waals surface area contributed by atoms with E-state index in [1.54, 1.807) is 6.07 Å². The van der Waals surface area contributed by atoms with E-state index in [0.717, 1.165) is 49.9 Å². The summed E-state index contributed by atoms with van der Waals surface area (Å²) in [5.41, 5.74) is 1.83. The summed E-state index contributed by atoms with van der Waals surface area (Å²) in [5.74, 6) is 0.179. The molecule has 2 amide bonds. The molecule has 2 unspecified atom stereocenters. The van der Waals surface area contributed by atoms with Gasteiger partial charge in [-0.2, -0.15) is 0 Å². The van der Waals surface area contributed by atoms with Crippen molar-refractivity contribution in [2.45, 2.75) is 78.4 Å². The van der Waals surface area contributed by atoms with Gasteiger partial charge in [0.25, 0.3) is 0 Å². The van der Waals surface area contributed by atoms with Crippen LogP contribution in [0.3, 0.4) is 0 Å². The predicted octanol–water partition coefficient (Wildman–Crippen LogP) is 3.56. The smallest absolute Gasteiger partial charge is 0.248 e. The molecule has 0 aromatic heterocycles. The predicted molar refractivity (Wildman–Crippen MR) is 129 cm³/mol. The fourth-order valence-electron chi connectivity index (χ4n) is 4.40. The molecule has 0 heterocycles. The minimum Gasteiger partial charge on any atom is -0.508 e. The molecule has 2 atom stereocenters. The van der Waals surface area contributed by atoms with Gasteiger partial charge in [-0.3, -0.25) is 9.59 Å². The topological polar surface area (TPSA) is 79.3 Å². The van der Waals surface area contributed by atoms with Gasteiger partial charge in [0.05, 0.1) is 12.2 Å². The quantitative estimate of drug-likeness (QED) is 0.457. The second-order valence-electron chi connectivity index (χ2n) is 8.78. The van der Waals surface area contributed by atoms with Crippen LogP contribution in [-0.4, -0.2) is 78.3 Å². The molecule has 1 N–H and O–H groups in total. The minimum absolute atomic E-state index is 0.00951. The van der Waals surface area contributed by atoms with Crippen molar-refractivity contribution < 1.29 is 24.2 Å². The lowest BCUT2D eigenvalue weighted by atomic mass is 9.87. The Balaban J connectivity index is 2.09. The molecule has 7 heteroatoms. The van der Waals surface area contributed by atoms with E-state index >= 15 is 0 Å². The van der Waals surface area contributed by atoms with Gasteiger partial charge in [-0.05, 0) is 42.9 Å². The van der Waals surface area contributed by atoms with Crippen LogP contribution in [0.4, 0.5) is 0 Å². The Morgan fingerprint density at radius 3 is 1.73 bits per heavy atom. The fraction of sp³-hybridized carbons (Fsp3) is 0.692. The second kappa shape index (κ2) is 14.2. The van der Waals surface area contributed by atoms with Crippen molar-refractivity contribution in [1.29, 1.82) is 0 Å². The van der Waals surface area contributed by atoms with Crippen molar-refractivity contribution >= 4 is 11.8 Å². The van der Waals surface area contributed by atoms with Crippen LogP contribution >= 0.6 is 0 Å². The minimum atomic E-state index is -0.404. The number of nitrogens with zero attached hydrogens (tertiary/aromatic N) is 2. The van der Waals surface area contributed by atoms with E-state index in [9.17, 15) is 14.7 Å². The molecule has 2 rings (SSSR count). The Bertz CT molecular complexity index is 742. The first-order valence-electron chi connectivity index (χ1n) is 12.5. The molecule has 0 fully saturated rings. The number of carbonyl (C=O) groups is 2. The van der Waals surface area contributed by atoms with Crippen LogP contribution in [-0.2, 0) is 31.9 Å². The number of aromatic hydroxyl groups is 1. The van der Waals surface area contributed by atoms with E-state index in [0.29, 0.717) is 25.9 Å². The van der Waals surface area contributed by atoms with Gasteiger partial charge in [-0.15, -0.1) is 0 Å². The van der Waals surface area contributed by atoms with Crippen molar-refractivity contribution in [2.75, 3.05) is 39.4 Å². The van der Waals surface area contributed by atoms with E-state index in [1.165, 1.54) is 0 Å². The van der Waals surface area contributed by atoms with Crippen molar-refractivity contribution in [3.05, 3.63) is 29.3 Å². The van der Waals surface area contributed by atoms with Crippen molar-refractivity contribution in [2.24, 2.45) is 0 Å². The first-order chi connectivity index (χ1) is 15.9. The number of hydrogen-bond acceptors (Lipinski definition) is 5. The Kier molecular flexibility index (Phi) is 11.7. The molecule has 7 nitrogen and oxygen atoms in total. The second-order valence-corrected chi connectivity index (χ2v) is 8.78. The highest BCUT2D eigenvalue weighted by molar-refractivity contribution is 5.78. The highest BCUT2D eigenvalue weighted by Crippen LogP contribution is 2.31. The molecule has 0 bridgehead atoms. The molecule has 1 aromatic carbocycles. The normalized spacial score (nSPS) is 17.5. The maximum atomic E-state index is 12.7. The zero-order valence-corrected chi connectivity index (χ0v) is 20.8. The van der Waals surface area contributed by atoms with Gasteiger partial charge in [-0.25, -0.2) is 0 Å². The molecule has 186 valence electrons. The van der Waals surface area contributed by atoms with Crippen molar-refractivity contribution in [3.63, 3.8) is 0 Å². The Morgan fingerprint density at radius 1 is 0.818 bits per heavy atom. The summed E-state index contributed by atoms with van der Waals surface area (Å²) >= 11 is 0. The van der Waals surface area contributed by atoms with Gasteiger partial charge in [0.1, 0.15) is 19.0 Å². The van der Waals surface area contributed by atoms with Gasteiger partial charge in [-0.1, -0.05) is 39.8 Å². The third kappa shape index (κ3) is 8.00. The Morgan fingerprint density at radius 2 is 1.27 bits per heavy atom. The van der Waals surface area contributed by atoms with Crippen LogP contribution in [0.15, 0.2) is 18.2 Å². The largest absolute Gasteiger partial charge is 0.508 e. The van der Waals surface area contributed by atoms with E-state index in [4.69, 9.17) is 9.47 Å². The van der Waals surface area contributed by atoms with Crippen LogP contribution in [0.25, 0.3) is 0 Å². The number of rotatable bonds is 14. The number of carbonyl (C=O) groups excluding carboxylic acids is 2. The maximum absolute atomic E-state index is 12.7. The average Bonchev–Trinajstić information content (AvgIpc) is 2.80. The summed E-state index contributed by atoms with van der Waals surface area (Å²) in [7, 11) is 0. The number of ether oxygens (including phenoxy) is 2. The van der Waals surface area contributed by atoms with Crippen LogP contribution in [0.1, 0.15) is 64.5 Å². The van der Waals surface area contributed by atoms with Crippen molar-refractivity contribution in [3.8, 4) is 5.75 Å². The molecule has 0 aliphatic heterocycles. The van der Waals surface area contributed by atoms with Gasteiger partial charge in [0.2, 0.25) is 11.8 Å². The summed E-state index contributed by atoms with van der Waals surface area (Å²) in [5, 5.41) is 10.3. The lowest BCUT2D eigenvalue weighted by Crippen LogP contribution is -2.44. The van der Waals surface area contributed by atoms with Crippen LogP contribution in [0.5, 0.6) is 5.75 Å². The summed E-state index contributed by atoms with van der Waals surface area (Å²) in [6, 6.07) is 5.46. The fourth-order valence-corrected chi connectivity index (χ4v) is 4.40. The highest BCUT2D eigenvalue weighted by Gasteiger charge is 2.33. The number of benzene rings is 1. The summed E-state index contributed by atoms with van der Waals surface area (Å²) in [4.78, 5) is 29.1. The zero-order chi connectivity index (χ0) is 24.2. The number of fused-ring (bicyclic) bond motifs is 1. The molecule has 0 spiro atoms. The molecule has 0 saturated heterocycles. The van der Waals surface area contributed by atoms with Gasteiger partial charge >= 0.3 is 0 Å². The van der Waals surface area contributed by atoms with E-state index in [-0.39, 0.29) is 36.9 Å². The molecule has 0 saturated carbocycles. The number of phenolic OH excluding ortho intramolecular Hbond substituents is 1. The average molecular weight is 463 g/mol. The third-order valence-corrected chi connectivity index (χ3v) is 6.01. The van der Waals surface area contributed by atoms with E-state index in [1.807, 2.05) is 21.9 Å². The molecule has 1 aliphatic carbocycles. The van der Waals surface area contributed by atoms with E-state index in [2.05, 4.69) is 27.7 Å². The van der Waals surface area contributed by atoms with Crippen molar-refractivity contribution in [1.82, 2.24) is 9.80 Å². The third-order valence-electron chi connectivity index (χ3n) is 6.01. The van der Waals surface area contributed by atoms with Crippen LogP contribution < -0.4 is 0 Å². The van der Waals surface area contributed by atoms with Gasteiger partial charge in [0, 0.05) is 39.0 Å². The van der Waals surface area contributed by atoms with Gasteiger partial charge in [0.15, 0.2) is 0 Å². The number of amides is 2. The summed E-state index contributed by atoms with van der Waals surface area (Å²) in [6.07, 6.45) is 3.83. The molecule has 1 aliphatic rings. The standard InChI is InChI=1S/C26H42N2O5/c1-5-12-27(13-6-2)25(30)18-32-23-16-20-10-9-11-22(29)21(20)17-24(23)33-19-26(31)28(14-7-3)15-8-4/h9-11,23-24,29H,5-8,12-19H2,1-4H3. The number of phenols is 1. The first kappa shape index (κ1) is 27.1. The first-order valence-corrected chi connectivity index (χ1v) is 12.5. The summed E-state index contributed by atoms with van der Waals surface area (Å²) < 4.78 is 12.2. The molecule has 0 radical (unpaired) electrons. The highest BCUT2D eigenvalue weighted by atomic mass is 16.5. The van der Waals surface area contributed by atoms with Gasteiger partial charge < -0.3 is 24.4 Å². The van der Waals surface area contributed by atoms with Crippen LogP contribution in [0.2, 0.25) is 0 Å². The lowest BCUT2D eigenvalue weighted by molar-refractivity contribution is -0.149. The van der Waals surface area contributed by atoms with Crippen LogP contribution in [0, 0.1) is 0 Å². The Hall–Kier alpha value is -2.12. The maximum Gasteiger partial charge on any atom is 0.248 e. The lowest BCUT2D eigenvalue weighted by Gasteiger charge is -2.34. The molecule has 1 aromatic rings. The zero-order valence-electron chi connectivity index (χ0n) is 20.8. The Labute approximate surface area is 199 Å². The monoisotopic (exact) mass is 462 g/mol. The SMILES string of the molecule is CCCN(CCC)C(=O)COC1Cc2cccc(O)c2CC1OCC(=O)N(CCC)CCC.